The fourth-order valence-electron chi connectivity index (χ4n) is 11.0. The number of carbonyl (C=O) groups excluding carboxylic acids is 20. The number of primary amides is 3. The van der Waals surface area contributed by atoms with Crippen LogP contribution in [0.5, 0.6) is 0 Å². The number of carboxylic acid groups (broad SMARTS) is 2. The molecule has 97 heavy (non-hydrogen) atoms. The van der Waals surface area contributed by atoms with E-state index in [0.717, 1.165) is 47.4 Å². The number of carboxylic acids is 2. The fourth-order valence-corrected chi connectivity index (χ4v) is 11.0. The zero-order valence-corrected chi connectivity index (χ0v) is 54.1. The Hall–Kier alpha value is -11.2. The van der Waals surface area contributed by atoms with Crippen LogP contribution < -0.4 is 38.4 Å². The molecule has 4 unspecified atom stereocenters. The maximum Gasteiger partial charge on any atom is 0.338 e. The summed E-state index contributed by atoms with van der Waals surface area (Å²) in [7, 11) is 5.99. The molecule has 0 radical (unpaired) electrons. The molecule has 6 aliphatic carbocycles. The van der Waals surface area contributed by atoms with Crippen LogP contribution >= 0.6 is 0 Å². The van der Waals surface area contributed by atoms with Crippen LogP contribution in [0.1, 0.15) is 55.4 Å². The molecule has 7 heterocycles. The van der Waals surface area contributed by atoms with Crippen LogP contribution in [0.15, 0.2) is 60.8 Å². The Balaban J connectivity index is 0.000000295. The molecule has 35 heteroatoms. The largest absolute Gasteiger partial charge is 0.478 e. The highest BCUT2D eigenvalue weighted by Gasteiger charge is 2.65. The van der Waals surface area contributed by atoms with Gasteiger partial charge in [0.25, 0.3) is 23.6 Å². The van der Waals surface area contributed by atoms with E-state index in [1.165, 1.54) is 55.6 Å². The lowest BCUT2D eigenvalue weighted by atomic mass is 10.2. The van der Waals surface area contributed by atoms with Crippen LogP contribution in [0.25, 0.3) is 0 Å². The third-order valence-corrected chi connectivity index (χ3v) is 17.0. The molecule has 18 atom stereocenters. The first-order valence-electron chi connectivity index (χ1n) is 32.2. The number of carbonyl (C=O) groups is 22. The van der Waals surface area contributed by atoms with Crippen molar-refractivity contribution in [1.29, 1.82) is 0 Å². The molecule has 0 bridgehead atoms. The summed E-state index contributed by atoms with van der Waals surface area (Å²) < 4.78 is 43.8. The molecule has 0 aromatic carbocycles. The molecule has 10 fully saturated rings. The summed E-state index contributed by atoms with van der Waals surface area (Å²) >= 11 is 0. The summed E-state index contributed by atoms with van der Waals surface area (Å²) in [4.78, 5) is 236. The minimum atomic E-state index is -1.21. The Bertz CT molecular complexity index is 3280. The SMILES string of the molecule is CC1[C@H]2C(=O)N(C)C(=O)[C@@H]12.CC1[C@H]2C(=O)N(C)C(=O)[C@@H]12.CN1C(=O)C=CC1=O.CNC(=O)/C=C\C(=O)O.O=C1C=CC(=O)O1.[2H]N1C(=O)C=CC1=O.[2H]N1C(=O)[C@@H]2C(C)[C@@H]2C1=O.[2H]N1C(=O)[C@@H]2C(C)[C@@H]2C1=O.[2H]NC(=O)/C=C\C(=O)O.[2H]NC(=O)[C@H]1[C@H](C)[C@H]1C(C)=O.[2H]NC(=O)[C@H]1[C@H](C)[C@H]1C(C)=O. The number of likely N-dealkylation sites (tertiary alicyclic amines) is 2. The van der Waals surface area contributed by atoms with Gasteiger partial charge in [-0.2, -0.15) is 0 Å². The lowest BCUT2D eigenvalue weighted by molar-refractivity contribution is -0.151. The van der Waals surface area contributed by atoms with Crippen LogP contribution in [-0.2, 0) is 110 Å². The van der Waals surface area contributed by atoms with E-state index in [0.29, 0.717) is 33.8 Å². The lowest BCUT2D eigenvalue weighted by Crippen LogP contribution is -2.29. The number of piperidine rings is 4. The van der Waals surface area contributed by atoms with Crippen LogP contribution in [-0.4, -0.2) is 183 Å². The third kappa shape index (κ3) is 21.7. The van der Waals surface area contributed by atoms with E-state index < -0.39 is 47.5 Å². The Morgan fingerprint density at radius 2 is 0.753 bits per heavy atom. The standard InChI is InChI=1S/2C7H9NO2.2C7H11NO2.2C6H7NO2.C5H7NO3.C5H5NO2.C4H5NO3.C4H3NO2.C4H2O3/c2*1-3-4-5(3)7(10)8(2)6(4)9;2*1-3-5(4(2)9)6(3)7(8)10;2*1-2-3-4(2)6(9)7-5(3)8;1-6-4(7)2-3-5(8)9;1-6-4(7)2-3-5(6)8;5-3(6)1-2-4(7)8;6-3-1-2-4(7)5-3;5-3-1-2-4(6)7-3/h2*3-5H,1-2H3;2*3,5-6H,1-2H3,(H2,8,10);2*2-4H,1H3,(H,7,8,9);2-3H,1H3,(H,6,7)(H,8,9);2-3H,1H3;1-2H,(H2,5,6)(H,7,8);1-2H,(H,5,6,7);1-2H/b;;;;;;3-2-;;2-1-;;/t2*3?,4-,5+;2*3-,5+,6+;2*2?,3-,4+;;;;;/m..11......./s1/i/hD6. The van der Waals surface area contributed by atoms with Crippen molar-refractivity contribution in [2.75, 3.05) is 28.2 Å². The number of imide groups is 6. The summed E-state index contributed by atoms with van der Waals surface area (Å²) in [5.41, 5.74) is 5.08. The zero-order chi connectivity index (χ0) is 79.2. The van der Waals surface area contributed by atoms with Crippen molar-refractivity contribution in [2.45, 2.75) is 55.4 Å². The first-order chi connectivity index (χ1) is 47.8. The van der Waals surface area contributed by atoms with Crippen molar-refractivity contribution >= 4 is 130 Å². The van der Waals surface area contributed by atoms with Crippen molar-refractivity contribution in [1.82, 2.24) is 35.9 Å². The number of esters is 2. The predicted octanol–water partition coefficient (Wildman–Crippen LogP) is -4.48. The summed E-state index contributed by atoms with van der Waals surface area (Å²) in [5.74, 6) is -8.01. The van der Waals surface area contributed by atoms with E-state index in [1.54, 1.807) is 25.5 Å². The molecular weight excluding hydrogens is 1280 g/mol. The number of ether oxygens (including phenoxy) is 1. The first-order valence-corrected chi connectivity index (χ1v) is 29.4. The fraction of sp³-hybridized carbons (Fsp3) is 0.484. The molecular formula is C62H76N10O25. The topological polar surface area (TPSA) is 561 Å². The number of nitrogens with zero attached hydrogens (tertiary/aromatic N) is 3. The van der Waals surface area contributed by atoms with E-state index in [-0.39, 0.29) is 177 Å². The Morgan fingerprint density at radius 3 is 0.938 bits per heavy atom. The average Bonchev–Trinajstić information content (AvgIpc) is 1.58. The van der Waals surface area contributed by atoms with Crippen molar-refractivity contribution in [2.24, 2.45) is 124 Å². The van der Waals surface area contributed by atoms with Gasteiger partial charge in [-0.25, -0.2) is 19.2 Å². The van der Waals surface area contributed by atoms with Gasteiger partial charge in [0.05, 0.1) is 59.2 Å². The molecule has 13 aliphatic rings. The summed E-state index contributed by atoms with van der Waals surface area (Å²) in [6, 6.07) is 0. The highest BCUT2D eigenvalue weighted by Crippen LogP contribution is 2.54. The highest BCUT2D eigenvalue weighted by molar-refractivity contribution is 6.14. The van der Waals surface area contributed by atoms with Gasteiger partial charge in [-0.3, -0.25) is 117 Å². The molecule has 12 N–H and O–H groups in total. The van der Waals surface area contributed by atoms with Crippen molar-refractivity contribution in [3.05, 3.63) is 60.8 Å². The van der Waals surface area contributed by atoms with Crippen LogP contribution in [0.4, 0.5) is 0 Å². The average molecular weight is 1370 g/mol. The molecule has 16 amide bonds. The Morgan fingerprint density at radius 1 is 0.443 bits per heavy atom. The predicted molar refractivity (Wildman–Crippen MR) is 325 cm³/mol. The number of fused-ring (bicyclic) bond motifs is 4. The number of nitrogens with one attached hydrogen (secondary N) is 4. The number of nitrogens with two attached hydrogens (primary N) is 3. The molecule has 0 aromatic heterocycles. The number of aliphatic carboxylic acids is 2. The maximum absolute atomic E-state index is 11.1. The lowest BCUT2D eigenvalue weighted by Gasteiger charge is -2.09. The normalized spacial score (nSPS) is 32.2. The van der Waals surface area contributed by atoms with E-state index in [4.69, 9.17) is 18.7 Å². The van der Waals surface area contributed by atoms with Crippen LogP contribution in [0.2, 0.25) is 8.47 Å². The zero-order valence-electron chi connectivity index (χ0n) is 60.1. The van der Waals surface area contributed by atoms with Gasteiger partial charge in [-0.15, -0.1) is 0 Å². The van der Waals surface area contributed by atoms with Gasteiger partial charge in [-0.05, 0) is 49.4 Å². The van der Waals surface area contributed by atoms with Crippen molar-refractivity contribution < 1.29 is 129 Å². The first kappa shape index (κ1) is 70.2. The summed E-state index contributed by atoms with van der Waals surface area (Å²) in [6.45, 7) is 14.3. The minimum Gasteiger partial charge on any atom is -0.478 e. The number of cyclic esters (lactones) is 2. The second kappa shape index (κ2) is 33.8. The molecule has 6 saturated carbocycles. The molecule has 7 aliphatic heterocycles. The van der Waals surface area contributed by atoms with Gasteiger partial charge in [0.1, 0.15) is 11.6 Å². The maximum atomic E-state index is 11.1. The molecule has 4 saturated heterocycles. The second-order valence-electron chi connectivity index (χ2n) is 23.5. The van der Waals surface area contributed by atoms with E-state index in [1.807, 2.05) is 41.5 Å². The van der Waals surface area contributed by atoms with Gasteiger partial charge in [0.15, 0.2) is 8.47 Å². The summed E-state index contributed by atoms with van der Waals surface area (Å²) in [6.07, 6.45) is 9.94. The Kier molecular flexibility index (Phi) is 24.4. The molecule has 0 aromatic rings. The van der Waals surface area contributed by atoms with E-state index in [9.17, 15) is 105 Å². The third-order valence-electron chi connectivity index (χ3n) is 17.0. The smallest absolute Gasteiger partial charge is 0.338 e. The summed E-state index contributed by atoms with van der Waals surface area (Å²) in [5, 5.41) is 19.4. The quantitative estimate of drug-likeness (QED) is 0.0479. The van der Waals surface area contributed by atoms with Gasteiger partial charge in [0, 0.05) is 101 Å². The van der Waals surface area contributed by atoms with Gasteiger partial charge in [-0.1, -0.05) is 41.5 Å². The highest BCUT2D eigenvalue weighted by atomic mass is 16.6. The van der Waals surface area contributed by atoms with Gasteiger partial charge < -0.3 is 37.4 Å². The molecule has 0 spiro atoms. The monoisotopic (exact) mass is 1370 g/mol. The minimum absolute atomic E-state index is 0.0162. The van der Waals surface area contributed by atoms with Crippen LogP contribution in [0.3, 0.4) is 0 Å². The van der Waals surface area contributed by atoms with E-state index in [2.05, 4.69) is 10.1 Å². The number of likely N-dealkylation sites (N-methyl/N-ethyl adjacent to an activating group) is 2. The second-order valence-corrected chi connectivity index (χ2v) is 23.5. The number of rotatable bonds is 8. The number of amides is 16. The van der Waals surface area contributed by atoms with Crippen molar-refractivity contribution in [3.63, 3.8) is 0 Å². The number of hydrogen-bond acceptors (Lipinski definition) is 23. The van der Waals surface area contributed by atoms with Crippen molar-refractivity contribution in [3.8, 4) is 0 Å². The Labute approximate surface area is 561 Å². The van der Waals surface area contributed by atoms with Gasteiger partial charge >= 0.3 is 23.9 Å². The van der Waals surface area contributed by atoms with Crippen LogP contribution in [0, 0.1) is 107 Å². The van der Waals surface area contributed by atoms with Gasteiger partial charge in [0.2, 0.25) is 70.9 Å². The number of hydrogen-bond donors (Lipinski definition) is 9. The molecule has 524 valence electrons. The number of Topliss-reactive ketones (excluding diaryl/α,β-unsaturated/α-hetero) is 2. The molecule has 35 nitrogen and oxygen atoms in total. The number of ketones is 2. The molecule has 13 rings (SSSR count). The van der Waals surface area contributed by atoms with E-state index >= 15 is 0 Å².